The van der Waals surface area contributed by atoms with Crippen molar-refractivity contribution in [2.45, 2.75) is 33.2 Å². The third-order valence-corrected chi connectivity index (χ3v) is 7.96. The summed E-state index contributed by atoms with van der Waals surface area (Å²) >= 11 is 1.15. The predicted octanol–water partition coefficient (Wildman–Crippen LogP) is 2.17. The smallest absolute Gasteiger partial charge is 0.338 e. The number of allylic oxidation sites excluding steroid dienone is 1. The van der Waals surface area contributed by atoms with Gasteiger partial charge in [-0.2, -0.15) is 4.99 Å². The molecule has 9 nitrogen and oxygen atoms in total. The van der Waals surface area contributed by atoms with Gasteiger partial charge in [0.25, 0.3) is 5.91 Å². The van der Waals surface area contributed by atoms with Crippen molar-refractivity contribution < 1.29 is 27.5 Å². The van der Waals surface area contributed by atoms with Gasteiger partial charge in [0.1, 0.15) is 11.5 Å². The second-order valence-corrected chi connectivity index (χ2v) is 11.4. The molecule has 2 heterocycles. The van der Waals surface area contributed by atoms with E-state index >= 15 is 0 Å². The van der Waals surface area contributed by atoms with Crippen LogP contribution in [0.1, 0.15) is 37.0 Å². The Balaban J connectivity index is 1.80. The molecular formula is C23H29N3O6S2. The lowest BCUT2D eigenvalue weighted by Crippen LogP contribution is -2.41. The van der Waals surface area contributed by atoms with Gasteiger partial charge >= 0.3 is 5.97 Å². The molecule has 0 spiro atoms. The molecule has 0 saturated carbocycles. The average Bonchev–Trinajstić information content (AvgIpc) is 3.09. The van der Waals surface area contributed by atoms with Crippen LogP contribution < -0.4 is 4.80 Å². The first-order valence-electron chi connectivity index (χ1n) is 11.1. The first kappa shape index (κ1) is 25.8. The molecule has 184 valence electrons. The number of hydrogen-bond donors (Lipinski definition) is 0. The van der Waals surface area contributed by atoms with Gasteiger partial charge in [0.15, 0.2) is 14.6 Å². The van der Waals surface area contributed by atoms with Gasteiger partial charge < -0.3 is 14.2 Å². The quantitative estimate of drug-likeness (QED) is 0.400. The van der Waals surface area contributed by atoms with Crippen molar-refractivity contribution in [3.63, 3.8) is 0 Å². The minimum Gasteiger partial charge on any atom is -0.462 e. The molecule has 0 N–H and O–H groups in total. The Labute approximate surface area is 202 Å². The highest BCUT2D eigenvalue weighted by atomic mass is 32.2. The number of hydrogen-bond acceptors (Lipinski definition) is 7. The number of esters is 1. The first-order chi connectivity index (χ1) is 16.1. The Morgan fingerprint density at radius 3 is 2.59 bits per heavy atom. The molecule has 0 radical (unpaired) electrons. The van der Waals surface area contributed by atoms with Gasteiger partial charge in [-0.1, -0.05) is 24.3 Å². The molecule has 1 aromatic carbocycles. The molecule has 11 heteroatoms. The molecule has 1 aliphatic rings. The minimum atomic E-state index is -3.96. The Morgan fingerprint density at radius 2 is 1.94 bits per heavy atom. The number of piperidine rings is 1. The number of carbonyl (C=O) groups excluding carboxylic acids is 3. The van der Waals surface area contributed by atoms with Gasteiger partial charge in [-0.25, -0.2) is 13.2 Å². The zero-order chi connectivity index (χ0) is 24.9. The van der Waals surface area contributed by atoms with Crippen LogP contribution in [0, 0.1) is 5.92 Å². The van der Waals surface area contributed by atoms with E-state index in [2.05, 4.69) is 18.5 Å². The number of ether oxygens (including phenoxy) is 1. The van der Waals surface area contributed by atoms with Crippen molar-refractivity contribution >= 4 is 49.2 Å². The van der Waals surface area contributed by atoms with E-state index in [4.69, 9.17) is 4.74 Å². The molecule has 0 bridgehead atoms. The zero-order valence-electron chi connectivity index (χ0n) is 19.4. The van der Waals surface area contributed by atoms with E-state index < -0.39 is 39.1 Å². The summed E-state index contributed by atoms with van der Waals surface area (Å²) in [5.74, 6) is -2.83. The van der Waals surface area contributed by atoms with Crippen LogP contribution in [-0.2, 0) is 30.7 Å². The second kappa shape index (κ2) is 11.1. The van der Waals surface area contributed by atoms with E-state index in [-0.39, 0.29) is 11.4 Å². The molecule has 1 aliphatic heterocycles. The fraction of sp³-hybridized carbons (Fsp3) is 0.478. The number of aromatic nitrogens is 1. The van der Waals surface area contributed by atoms with Gasteiger partial charge in [0.2, 0.25) is 5.91 Å². The maximum atomic E-state index is 12.5. The van der Waals surface area contributed by atoms with Crippen LogP contribution in [0.3, 0.4) is 0 Å². The normalized spacial score (nSPS) is 15.5. The lowest BCUT2D eigenvalue weighted by atomic mass is 9.99. The van der Waals surface area contributed by atoms with Gasteiger partial charge in [-0.3, -0.25) is 9.59 Å². The number of carbonyl (C=O) groups is 3. The lowest BCUT2D eigenvalue weighted by molar-refractivity contribution is -0.129. The van der Waals surface area contributed by atoms with Gasteiger partial charge in [0.05, 0.1) is 22.4 Å². The number of nitrogens with zero attached hydrogens (tertiary/aromatic N) is 3. The molecule has 1 saturated heterocycles. The molecule has 0 unspecified atom stereocenters. The highest BCUT2D eigenvalue weighted by Gasteiger charge is 2.26. The summed E-state index contributed by atoms with van der Waals surface area (Å²) < 4.78 is 32.5. The molecule has 1 aromatic heterocycles. The first-order valence-corrected chi connectivity index (χ1v) is 13.7. The summed E-state index contributed by atoms with van der Waals surface area (Å²) in [6, 6.07) is 4.99. The molecule has 34 heavy (non-hydrogen) atoms. The zero-order valence-corrected chi connectivity index (χ0v) is 21.0. The lowest BCUT2D eigenvalue weighted by Gasteiger charge is -2.30. The number of rotatable bonds is 8. The second-order valence-electron chi connectivity index (χ2n) is 8.29. The summed E-state index contributed by atoms with van der Waals surface area (Å²) in [6.07, 6.45) is 3.31. The van der Waals surface area contributed by atoms with Crippen LogP contribution in [0.4, 0.5) is 0 Å². The number of amides is 2. The predicted molar refractivity (Wildman–Crippen MR) is 130 cm³/mol. The van der Waals surface area contributed by atoms with Crippen molar-refractivity contribution in [3.8, 4) is 0 Å². The van der Waals surface area contributed by atoms with Crippen LogP contribution in [-0.4, -0.2) is 66.9 Å². The van der Waals surface area contributed by atoms with Crippen LogP contribution in [0.25, 0.3) is 10.2 Å². The molecule has 2 amide bonds. The minimum absolute atomic E-state index is 0.251. The van der Waals surface area contributed by atoms with Gasteiger partial charge in [0, 0.05) is 19.6 Å². The molecule has 0 aliphatic carbocycles. The molecule has 1 fully saturated rings. The van der Waals surface area contributed by atoms with E-state index in [0.29, 0.717) is 35.8 Å². The largest absolute Gasteiger partial charge is 0.462 e. The fourth-order valence-electron chi connectivity index (χ4n) is 3.72. The van der Waals surface area contributed by atoms with Crippen molar-refractivity contribution in [1.29, 1.82) is 0 Å². The van der Waals surface area contributed by atoms with Gasteiger partial charge in [-0.05, 0) is 43.9 Å². The van der Waals surface area contributed by atoms with Crippen molar-refractivity contribution in [1.82, 2.24) is 9.47 Å². The number of thiazole rings is 1. The van der Waals surface area contributed by atoms with Crippen LogP contribution in [0.5, 0.6) is 0 Å². The van der Waals surface area contributed by atoms with E-state index in [9.17, 15) is 22.8 Å². The standard InChI is InChI=1S/C23H29N3O6S2/c1-4-10-26-18-7-6-17(22(29)32-5-2)13-19(18)33-23(26)24-20(27)14-34(30,31)15-21(28)25-11-8-16(3)9-12-25/h4,6-7,13,16H,1,5,8-12,14-15H2,2-3H3. The highest BCUT2D eigenvalue weighted by Crippen LogP contribution is 2.20. The molecule has 3 rings (SSSR count). The summed E-state index contributed by atoms with van der Waals surface area (Å²) in [7, 11) is -3.96. The monoisotopic (exact) mass is 507 g/mol. The Hall–Kier alpha value is -2.79. The molecular weight excluding hydrogens is 478 g/mol. The number of fused-ring (bicyclic) bond motifs is 1. The van der Waals surface area contributed by atoms with E-state index in [1.807, 2.05) is 0 Å². The fourth-order valence-corrected chi connectivity index (χ4v) is 5.92. The van der Waals surface area contributed by atoms with Crippen molar-refractivity contribution in [3.05, 3.63) is 41.2 Å². The maximum absolute atomic E-state index is 12.5. The third-order valence-electron chi connectivity index (χ3n) is 5.55. The van der Waals surface area contributed by atoms with Crippen molar-refractivity contribution in [2.75, 3.05) is 31.2 Å². The highest BCUT2D eigenvalue weighted by molar-refractivity contribution is 7.92. The average molecular weight is 508 g/mol. The van der Waals surface area contributed by atoms with Gasteiger partial charge in [-0.15, -0.1) is 6.58 Å². The SMILES string of the molecule is C=CCn1c(=NC(=O)CS(=O)(=O)CC(=O)N2CCC(C)CC2)sc2cc(C(=O)OCC)ccc21. The summed E-state index contributed by atoms with van der Waals surface area (Å²) in [4.78, 5) is 42.8. The Kier molecular flexibility index (Phi) is 8.42. The summed E-state index contributed by atoms with van der Waals surface area (Å²) in [5.41, 5.74) is 1.09. The van der Waals surface area contributed by atoms with Crippen molar-refractivity contribution in [2.24, 2.45) is 10.9 Å². The van der Waals surface area contributed by atoms with Crippen LogP contribution in [0.2, 0.25) is 0 Å². The Morgan fingerprint density at radius 1 is 1.24 bits per heavy atom. The van der Waals surface area contributed by atoms with E-state index in [0.717, 1.165) is 29.7 Å². The molecule has 2 aromatic rings. The maximum Gasteiger partial charge on any atom is 0.338 e. The van der Waals surface area contributed by atoms with Crippen LogP contribution >= 0.6 is 11.3 Å². The summed E-state index contributed by atoms with van der Waals surface area (Å²) in [6.45, 7) is 9.19. The van der Waals surface area contributed by atoms with Crippen LogP contribution in [0.15, 0.2) is 35.8 Å². The third kappa shape index (κ3) is 6.41. The summed E-state index contributed by atoms with van der Waals surface area (Å²) in [5, 5.41) is 0. The van der Waals surface area contributed by atoms with E-state index in [1.54, 1.807) is 40.7 Å². The van der Waals surface area contributed by atoms with E-state index in [1.165, 1.54) is 0 Å². The molecule has 0 atom stereocenters. The topological polar surface area (TPSA) is 115 Å². The number of likely N-dealkylation sites (tertiary alicyclic amines) is 1. The Bertz CT molecular complexity index is 1270. The number of benzene rings is 1. The number of sulfone groups is 1.